The second kappa shape index (κ2) is 5.12. The van der Waals surface area contributed by atoms with Crippen LogP contribution in [0, 0.1) is 6.92 Å². The highest BCUT2D eigenvalue weighted by Crippen LogP contribution is 2.33. The van der Waals surface area contributed by atoms with Crippen LogP contribution in [0.3, 0.4) is 0 Å². The van der Waals surface area contributed by atoms with Crippen molar-refractivity contribution in [1.29, 1.82) is 0 Å². The van der Waals surface area contributed by atoms with E-state index in [1.807, 2.05) is 6.92 Å². The van der Waals surface area contributed by atoms with Crippen LogP contribution < -0.4 is 0 Å². The molecule has 5 nitrogen and oxygen atoms in total. The molecule has 1 saturated heterocycles. The Balaban J connectivity index is 2.37. The minimum Gasteiger partial charge on any atom is -0.381 e. The topological polar surface area (TPSA) is 61.3 Å². The summed E-state index contributed by atoms with van der Waals surface area (Å²) in [6.45, 7) is 4.63. The van der Waals surface area contributed by atoms with E-state index in [2.05, 4.69) is 9.97 Å². The Kier molecular flexibility index (Phi) is 3.73. The molecule has 0 amide bonds. The molecular formula is C13H18N2O3. The summed E-state index contributed by atoms with van der Waals surface area (Å²) in [6.07, 6.45) is 3.07. The van der Waals surface area contributed by atoms with Crippen LogP contribution in [0.5, 0.6) is 0 Å². The van der Waals surface area contributed by atoms with Gasteiger partial charge in [-0.05, 0) is 13.8 Å². The fraction of sp³-hybridized carbons (Fsp3) is 0.615. The van der Waals surface area contributed by atoms with Crippen molar-refractivity contribution >= 4 is 5.78 Å². The molecule has 0 saturated carbocycles. The molecular weight excluding hydrogens is 232 g/mol. The number of hydrogen-bond acceptors (Lipinski definition) is 5. The molecule has 5 heteroatoms. The van der Waals surface area contributed by atoms with Gasteiger partial charge in [0.05, 0.1) is 11.3 Å². The van der Waals surface area contributed by atoms with Crippen molar-refractivity contribution in [2.24, 2.45) is 0 Å². The Morgan fingerprint density at radius 2 is 2.11 bits per heavy atom. The van der Waals surface area contributed by atoms with Crippen molar-refractivity contribution in [3.05, 3.63) is 23.3 Å². The van der Waals surface area contributed by atoms with Crippen molar-refractivity contribution < 1.29 is 14.3 Å². The maximum absolute atomic E-state index is 11.4. The summed E-state index contributed by atoms with van der Waals surface area (Å²) in [4.78, 5) is 20.1. The average Bonchev–Trinajstić information content (AvgIpc) is 2.39. The first-order valence-corrected chi connectivity index (χ1v) is 6.07. The Morgan fingerprint density at radius 3 is 2.61 bits per heavy atom. The number of aromatic nitrogens is 2. The van der Waals surface area contributed by atoms with Crippen LogP contribution in [0.25, 0.3) is 0 Å². The van der Waals surface area contributed by atoms with Crippen LogP contribution in [0.4, 0.5) is 0 Å². The number of carbonyl (C=O) groups is 1. The zero-order valence-corrected chi connectivity index (χ0v) is 11.0. The zero-order chi connectivity index (χ0) is 13.2. The van der Waals surface area contributed by atoms with Gasteiger partial charge in [0, 0.05) is 39.4 Å². The molecule has 0 atom stereocenters. The monoisotopic (exact) mass is 250 g/mol. The zero-order valence-electron chi connectivity index (χ0n) is 11.0. The highest BCUT2D eigenvalue weighted by molar-refractivity contribution is 5.94. The number of ether oxygens (including phenoxy) is 2. The van der Waals surface area contributed by atoms with Crippen LogP contribution in [-0.2, 0) is 15.1 Å². The molecule has 98 valence electrons. The lowest BCUT2D eigenvalue weighted by Crippen LogP contribution is -2.37. The van der Waals surface area contributed by atoms with Gasteiger partial charge in [-0.15, -0.1) is 0 Å². The van der Waals surface area contributed by atoms with E-state index in [0.717, 1.165) is 12.8 Å². The number of hydrogen-bond donors (Lipinski definition) is 0. The van der Waals surface area contributed by atoms with E-state index in [1.165, 1.54) is 6.92 Å². The molecule has 0 aliphatic carbocycles. The fourth-order valence-corrected chi connectivity index (χ4v) is 2.25. The van der Waals surface area contributed by atoms with E-state index in [1.54, 1.807) is 13.3 Å². The summed E-state index contributed by atoms with van der Waals surface area (Å²) in [5.41, 5.74) is 0.797. The smallest absolute Gasteiger partial charge is 0.163 e. The lowest BCUT2D eigenvalue weighted by atomic mass is 9.92. The van der Waals surface area contributed by atoms with Gasteiger partial charge < -0.3 is 9.47 Å². The lowest BCUT2D eigenvalue weighted by Gasteiger charge is -2.34. The van der Waals surface area contributed by atoms with E-state index in [9.17, 15) is 4.79 Å². The van der Waals surface area contributed by atoms with Gasteiger partial charge in [-0.1, -0.05) is 0 Å². The second-order valence-corrected chi connectivity index (χ2v) is 4.56. The number of aryl methyl sites for hydroxylation is 1. The molecule has 1 aromatic rings. The molecule has 0 aromatic carbocycles. The molecule has 1 aliphatic heterocycles. The summed E-state index contributed by atoms with van der Waals surface area (Å²) in [6, 6.07) is 0. The van der Waals surface area contributed by atoms with Crippen LogP contribution >= 0.6 is 0 Å². The SMILES string of the molecule is COC1(c2ncc(C(C)=O)c(C)n2)CCOCC1. The highest BCUT2D eigenvalue weighted by atomic mass is 16.5. The maximum Gasteiger partial charge on any atom is 0.163 e. The minimum absolute atomic E-state index is 0.0162. The molecule has 0 bridgehead atoms. The van der Waals surface area contributed by atoms with Crippen molar-refractivity contribution in [2.45, 2.75) is 32.3 Å². The van der Waals surface area contributed by atoms with Crippen molar-refractivity contribution in [2.75, 3.05) is 20.3 Å². The molecule has 1 fully saturated rings. The summed E-state index contributed by atoms with van der Waals surface area (Å²) in [7, 11) is 1.67. The van der Waals surface area contributed by atoms with Crippen molar-refractivity contribution in [3.63, 3.8) is 0 Å². The Hall–Kier alpha value is -1.33. The molecule has 2 heterocycles. The number of Topliss-reactive ketones (excluding diaryl/α,β-unsaturated/α-hetero) is 1. The third kappa shape index (κ3) is 2.28. The normalized spacial score (nSPS) is 18.6. The molecule has 1 aliphatic rings. The second-order valence-electron chi connectivity index (χ2n) is 4.56. The van der Waals surface area contributed by atoms with E-state index in [4.69, 9.17) is 9.47 Å². The Morgan fingerprint density at radius 1 is 1.44 bits per heavy atom. The van der Waals surface area contributed by atoms with Gasteiger partial charge in [-0.3, -0.25) is 4.79 Å². The first kappa shape index (κ1) is 13.1. The molecule has 0 N–H and O–H groups in total. The predicted molar refractivity (Wildman–Crippen MR) is 65.5 cm³/mol. The van der Waals surface area contributed by atoms with Gasteiger partial charge in [0.25, 0.3) is 0 Å². The summed E-state index contributed by atoms with van der Waals surface area (Å²) < 4.78 is 11.0. The van der Waals surface area contributed by atoms with E-state index < -0.39 is 5.60 Å². The summed E-state index contributed by atoms with van der Waals surface area (Å²) >= 11 is 0. The molecule has 18 heavy (non-hydrogen) atoms. The molecule has 2 rings (SSSR count). The number of methoxy groups -OCH3 is 1. The fourth-order valence-electron chi connectivity index (χ4n) is 2.25. The minimum atomic E-state index is -0.474. The molecule has 0 unspecified atom stereocenters. The number of ketones is 1. The average molecular weight is 250 g/mol. The third-order valence-corrected chi connectivity index (χ3v) is 3.46. The number of nitrogens with zero attached hydrogens (tertiary/aromatic N) is 2. The first-order valence-electron chi connectivity index (χ1n) is 6.07. The lowest BCUT2D eigenvalue weighted by molar-refractivity contribution is -0.100. The Bertz CT molecular complexity index is 454. The molecule has 0 spiro atoms. The van der Waals surface area contributed by atoms with Gasteiger partial charge >= 0.3 is 0 Å². The standard InChI is InChI=1S/C13H18N2O3/c1-9-11(10(2)16)8-14-12(15-9)13(17-3)4-6-18-7-5-13/h8H,4-7H2,1-3H3. The summed E-state index contributed by atoms with van der Waals surface area (Å²) in [5, 5.41) is 0. The summed E-state index contributed by atoms with van der Waals surface area (Å²) in [5.74, 6) is 0.633. The van der Waals surface area contributed by atoms with Crippen molar-refractivity contribution in [3.8, 4) is 0 Å². The van der Waals surface area contributed by atoms with Gasteiger partial charge in [0.15, 0.2) is 11.6 Å². The van der Waals surface area contributed by atoms with Gasteiger partial charge in [0.1, 0.15) is 5.60 Å². The van der Waals surface area contributed by atoms with Crippen LogP contribution in [0.1, 0.15) is 41.6 Å². The van der Waals surface area contributed by atoms with Crippen LogP contribution in [0.2, 0.25) is 0 Å². The number of rotatable bonds is 3. The van der Waals surface area contributed by atoms with E-state index >= 15 is 0 Å². The van der Waals surface area contributed by atoms with Crippen molar-refractivity contribution in [1.82, 2.24) is 9.97 Å². The highest BCUT2D eigenvalue weighted by Gasteiger charge is 2.37. The molecule has 0 radical (unpaired) electrons. The number of carbonyl (C=O) groups excluding carboxylic acids is 1. The third-order valence-electron chi connectivity index (χ3n) is 3.46. The largest absolute Gasteiger partial charge is 0.381 e. The van der Waals surface area contributed by atoms with E-state index in [-0.39, 0.29) is 5.78 Å². The Labute approximate surface area is 107 Å². The predicted octanol–water partition coefficient (Wildman–Crippen LogP) is 1.64. The van der Waals surface area contributed by atoms with Gasteiger partial charge in [-0.2, -0.15) is 0 Å². The molecule has 1 aromatic heterocycles. The first-order chi connectivity index (χ1) is 8.59. The van der Waals surface area contributed by atoms with Gasteiger partial charge in [0.2, 0.25) is 0 Å². The van der Waals surface area contributed by atoms with E-state index in [0.29, 0.717) is 30.3 Å². The maximum atomic E-state index is 11.4. The quantitative estimate of drug-likeness (QED) is 0.763. The van der Waals surface area contributed by atoms with Gasteiger partial charge in [-0.25, -0.2) is 9.97 Å². The van der Waals surface area contributed by atoms with Crippen LogP contribution in [0.15, 0.2) is 6.20 Å². The van der Waals surface area contributed by atoms with Crippen LogP contribution in [-0.4, -0.2) is 36.1 Å².